The Morgan fingerprint density at radius 1 is 1.19 bits per heavy atom. The minimum Gasteiger partial charge on any atom is -0.465 e. The summed E-state index contributed by atoms with van der Waals surface area (Å²) < 4.78 is 22.6. The Hall–Kier alpha value is -2.08. The fourth-order valence-corrected chi connectivity index (χ4v) is 3.55. The molecule has 0 aliphatic carbocycles. The minimum atomic E-state index is -0.557. The van der Waals surface area contributed by atoms with Gasteiger partial charge in [-0.05, 0) is 17.0 Å². The second kappa shape index (κ2) is 6.91. The first-order chi connectivity index (χ1) is 12.1. The van der Waals surface area contributed by atoms with E-state index in [4.69, 9.17) is 18.9 Å². The number of esters is 2. The van der Waals surface area contributed by atoms with Gasteiger partial charge in [0.05, 0.1) is 0 Å². The molecule has 2 aliphatic rings. The summed E-state index contributed by atoms with van der Waals surface area (Å²) in [5.74, 6) is -0.0984. The van der Waals surface area contributed by atoms with Gasteiger partial charge in [0.1, 0.15) is 24.6 Å². The van der Waals surface area contributed by atoms with Crippen LogP contribution in [0.1, 0.15) is 58.1 Å². The molecule has 0 spiro atoms. The van der Waals surface area contributed by atoms with Crippen LogP contribution in [-0.4, -0.2) is 37.0 Å². The first kappa shape index (κ1) is 18.7. The quantitative estimate of drug-likeness (QED) is 0.770. The van der Waals surface area contributed by atoms with Gasteiger partial charge in [0, 0.05) is 31.7 Å². The first-order valence-electron chi connectivity index (χ1n) is 8.92. The smallest absolute Gasteiger partial charge is 0.303 e. The van der Waals surface area contributed by atoms with Crippen LogP contribution in [-0.2, 0) is 29.2 Å². The molecule has 1 fully saturated rings. The van der Waals surface area contributed by atoms with E-state index in [1.807, 2.05) is 6.07 Å². The second-order valence-corrected chi connectivity index (χ2v) is 7.94. The summed E-state index contributed by atoms with van der Waals surface area (Å²) >= 11 is 0. The van der Waals surface area contributed by atoms with Gasteiger partial charge < -0.3 is 18.9 Å². The monoisotopic (exact) mass is 362 g/mol. The summed E-state index contributed by atoms with van der Waals surface area (Å²) in [4.78, 5) is 22.9. The molecule has 0 N–H and O–H groups in total. The summed E-state index contributed by atoms with van der Waals surface area (Å²) in [6, 6.07) is 6.13. The third kappa shape index (κ3) is 3.85. The van der Waals surface area contributed by atoms with Crippen molar-refractivity contribution >= 4 is 11.9 Å². The Labute approximate surface area is 153 Å². The summed E-state index contributed by atoms with van der Waals surface area (Å²) in [7, 11) is 0. The van der Waals surface area contributed by atoms with Crippen molar-refractivity contribution in [3.63, 3.8) is 0 Å². The fraction of sp³-hybridized carbons (Fsp3) is 0.600. The van der Waals surface area contributed by atoms with Gasteiger partial charge in [-0.1, -0.05) is 32.9 Å². The number of fused-ring (bicyclic) bond motifs is 4. The van der Waals surface area contributed by atoms with Gasteiger partial charge in [-0.25, -0.2) is 0 Å². The normalized spacial score (nSPS) is 27.1. The van der Waals surface area contributed by atoms with E-state index in [2.05, 4.69) is 32.9 Å². The Kier molecular flexibility index (Phi) is 4.97. The predicted molar refractivity (Wildman–Crippen MR) is 94.0 cm³/mol. The van der Waals surface area contributed by atoms with Crippen molar-refractivity contribution in [3.8, 4) is 5.75 Å². The molecule has 26 heavy (non-hydrogen) atoms. The van der Waals surface area contributed by atoms with E-state index in [1.165, 1.54) is 19.4 Å². The second-order valence-electron chi connectivity index (χ2n) is 7.94. The van der Waals surface area contributed by atoms with Gasteiger partial charge in [0.2, 0.25) is 6.29 Å². The lowest BCUT2D eigenvalue weighted by molar-refractivity contribution is -0.225. The Balaban J connectivity index is 1.96. The topological polar surface area (TPSA) is 71.1 Å². The Morgan fingerprint density at radius 3 is 2.54 bits per heavy atom. The number of benzene rings is 1. The lowest BCUT2D eigenvalue weighted by Gasteiger charge is -2.44. The van der Waals surface area contributed by atoms with Crippen molar-refractivity contribution in [2.24, 2.45) is 0 Å². The van der Waals surface area contributed by atoms with Crippen molar-refractivity contribution in [3.05, 3.63) is 29.3 Å². The number of carbonyl (C=O) groups excluding carboxylic acids is 2. The molecule has 2 bridgehead atoms. The largest absolute Gasteiger partial charge is 0.465 e. The molecule has 0 unspecified atom stereocenters. The van der Waals surface area contributed by atoms with Gasteiger partial charge in [0.15, 0.2) is 0 Å². The molecule has 6 nitrogen and oxygen atoms in total. The highest BCUT2D eigenvalue weighted by Crippen LogP contribution is 2.46. The van der Waals surface area contributed by atoms with E-state index in [1.54, 1.807) is 0 Å². The standard InChI is InChI=1S/C20H26O6/c1-11(21)23-10-17-19(24-12(2)22)15-9-18(26-17)25-16-7-6-13(8-14(15)16)20(3,4)5/h6-8,15,17-19H,9-10H2,1-5H3/t15-,17+,18-,19+/m0/s1. The van der Waals surface area contributed by atoms with Crippen molar-refractivity contribution in [1.82, 2.24) is 0 Å². The first-order valence-corrected chi connectivity index (χ1v) is 8.92. The van der Waals surface area contributed by atoms with Gasteiger partial charge in [-0.2, -0.15) is 0 Å². The summed E-state index contributed by atoms with van der Waals surface area (Å²) in [5.41, 5.74) is 2.18. The van der Waals surface area contributed by atoms with Gasteiger partial charge in [-0.3, -0.25) is 9.59 Å². The van der Waals surface area contributed by atoms with E-state index in [0.29, 0.717) is 6.42 Å². The maximum Gasteiger partial charge on any atom is 0.303 e. The Morgan fingerprint density at radius 2 is 1.92 bits per heavy atom. The third-order valence-corrected chi connectivity index (χ3v) is 4.82. The van der Waals surface area contributed by atoms with Crippen molar-refractivity contribution in [2.45, 2.75) is 70.9 Å². The molecule has 0 saturated carbocycles. The average molecular weight is 362 g/mol. The molecule has 0 radical (unpaired) electrons. The fourth-order valence-electron chi connectivity index (χ4n) is 3.55. The number of rotatable bonds is 3. The van der Waals surface area contributed by atoms with Gasteiger partial charge in [0.25, 0.3) is 0 Å². The van der Waals surface area contributed by atoms with Crippen LogP contribution in [0.3, 0.4) is 0 Å². The van der Waals surface area contributed by atoms with Crippen LogP contribution in [0.5, 0.6) is 5.75 Å². The van der Waals surface area contributed by atoms with Gasteiger partial charge in [-0.15, -0.1) is 0 Å². The van der Waals surface area contributed by atoms with Crippen LogP contribution in [0.25, 0.3) is 0 Å². The van der Waals surface area contributed by atoms with Crippen LogP contribution in [0, 0.1) is 0 Å². The molecule has 0 amide bonds. The van der Waals surface area contributed by atoms with E-state index < -0.39 is 24.5 Å². The molecular formula is C20H26O6. The highest BCUT2D eigenvalue weighted by Gasteiger charge is 2.47. The zero-order valence-corrected chi connectivity index (χ0v) is 15.9. The Bertz CT molecular complexity index is 705. The van der Waals surface area contributed by atoms with Crippen LogP contribution in [0.2, 0.25) is 0 Å². The zero-order valence-electron chi connectivity index (χ0n) is 15.9. The zero-order chi connectivity index (χ0) is 19.1. The molecule has 6 heteroatoms. The highest BCUT2D eigenvalue weighted by molar-refractivity contribution is 5.67. The van der Waals surface area contributed by atoms with Crippen LogP contribution < -0.4 is 4.74 Å². The molecule has 1 aromatic carbocycles. The highest BCUT2D eigenvalue weighted by atomic mass is 16.7. The van der Waals surface area contributed by atoms with Gasteiger partial charge >= 0.3 is 11.9 Å². The van der Waals surface area contributed by atoms with E-state index in [0.717, 1.165) is 11.3 Å². The van der Waals surface area contributed by atoms with Crippen molar-refractivity contribution < 1.29 is 28.5 Å². The third-order valence-electron chi connectivity index (χ3n) is 4.82. The number of hydrogen-bond acceptors (Lipinski definition) is 6. The summed E-state index contributed by atoms with van der Waals surface area (Å²) in [6.07, 6.45) is -0.936. The van der Waals surface area contributed by atoms with Crippen LogP contribution in [0.15, 0.2) is 18.2 Å². The molecular weight excluding hydrogens is 336 g/mol. The predicted octanol–water partition coefficient (Wildman–Crippen LogP) is 3.07. The molecule has 1 saturated heterocycles. The average Bonchev–Trinajstić information content (AvgIpc) is 2.54. The summed E-state index contributed by atoms with van der Waals surface area (Å²) in [6.45, 7) is 9.19. The number of hydrogen-bond donors (Lipinski definition) is 0. The van der Waals surface area contributed by atoms with E-state index in [9.17, 15) is 9.59 Å². The molecule has 2 heterocycles. The maximum absolute atomic E-state index is 11.7. The lowest BCUT2D eigenvalue weighted by atomic mass is 9.79. The molecule has 0 aromatic heterocycles. The lowest BCUT2D eigenvalue weighted by Crippen LogP contribution is -2.52. The maximum atomic E-state index is 11.7. The SMILES string of the molecule is CC(=O)OC[C@H]1O[C@H]2C[C@@H](c3cc(C(C)(C)C)ccc3O2)[C@H]1OC(C)=O. The molecule has 1 aromatic rings. The number of carbonyl (C=O) groups is 2. The van der Waals surface area contributed by atoms with Crippen molar-refractivity contribution in [1.29, 1.82) is 0 Å². The van der Waals surface area contributed by atoms with Crippen molar-refractivity contribution in [2.75, 3.05) is 6.61 Å². The van der Waals surface area contributed by atoms with E-state index in [-0.39, 0.29) is 23.9 Å². The minimum absolute atomic E-state index is 0.00881. The van der Waals surface area contributed by atoms with E-state index >= 15 is 0 Å². The van der Waals surface area contributed by atoms with Crippen LogP contribution in [0.4, 0.5) is 0 Å². The van der Waals surface area contributed by atoms with Crippen LogP contribution >= 0.6 is 0 Å². The molecule has 142 valence electrons. The molecule has 3 rings (SSSR count). The molecule has 2 aliphatic heterocycles. The summed E-state index contributed by atoms with van der Waals surface area (Å²) in [5, 5.41) is 0. The molecule has 4 atom stereocenters. The number of ether oxygens (including phenoxy) is 4.